The van der Waals surface area contributed by atoms with Crippen LogP contribution in [-0.4, -0.2) is 58.7 Å². The number of amides is 1. The van der Waals surface area contributed by atoms with Gasteiger partial charge in [-0.25, -0.2) is 4.79 Å². The molecule has 1 amide bonds. The number of aliphatic carboxylic acids is 1. The number of hydrogen-bond acceptors (Lipinski definition) is 4. The normalized spacial score (nSPS) is 24.3. The van der Waals surface area contributed by atoms with Crippen LogP contribution in [0.5, 0.6) is 0 Å². The third-order valence-corrected chi connectivity index (χ3v) is 5.17. The Hall–Kier alpha value is -2.08. The molecule has 3 rings (SSSR count). The monoisotopic (exact) mass is 360 g/mol. The van der Waals surface area contributed by atoms with Crippen LogP contribution < -0.4 is 0 Å². The van der Waals surface area contributed by atoms with Crippen molar-refractivity contribution in [2.75, 3.05) is 26.2 Å². The SMILES string of the molecule is CC(C)(C)OC(=O)N1CC(C2CN(Cc3ccccc3)CC2C(=O)O)C1. The Kier molecular flexibility index (Phi) is 5.23. The van der Waals surface area contributed by atoms with Crippen molar-refractivity contribution in [3.8, 4) is 0 Å². The summed E-state index contributed by atoms with van der Waals surface area (Å²) in [6, 6.07) is 10.1. The van der Waals surface area contributed by atoms with Gasteiger partial charge >= 0.3 is 12.1 Å². The Morgan fingerprint density at radius 3 is 2.35 bits per heavy atom. The summed E-state index contributed by atoms with van der Waals surface area (Å²) in [4.78, 5) is 27.7. The van der Waals surface area contributed by atoms with E-state index in [2.05, 4.69) is 17.0 Å². The molecule has 142 valence electrons. The lowest BCUT2D eigenvalue weighted by Gasteiger charge is -2.43. The topological polar surface area (TPSA) is 70.1 Å². The van der Waals surface area contributed by atoms with E-state index in [-0.39, 0.29) is 23.8 Å². The number of ether oxygens (including phenoxy) is 1. The van der Waals surface area contributed by atoms with Gasteiger partial charge in [0.15, 0.2) is 0 Å². The zero-order chi connectivity index (χ0) is 18.9. The molecule has 2 aliphatic rings. The van der Waals surface area contributed by atoms with E-state index in [1.54, 1.807) is 4.90 Å². The molecule has 6 heteroatoms. The summed E-state index contributed by atoms with van der Waals surface area (Å²) in [5.74, 6) is -0.801. The van der Waals surface area contributed by atoms with Crippen LogP contribution in [0.4, 0.5) is 4.79 Å². The molecule has 0 aliphatic carbocycles. The lowest BCUT2D eigenvalue weighted by molar-refractivity contribution is -0.143. The van der Waals surface area contributed by atoms with Crippen LogP contribution in [0.1, 0.15) is 26.3 Å². The van der Waals surface area contributed by atoms with Crippen molar-refractivity contribution >= 4 is 12.1 Å². The van der Waals surface area contributed by atoms with E-state index in [0.717, 1.165) is 13.1 Å². The van der Waals surface area contributed by atoms with Gasteiger partial charge in [0.05, 0.1) is 5.92 Å². The van der Waals surface area contributed by atoms with Gasteiger partial charge in [0.2, 0.25) is 0 Å². The Labute approximate surface area is 154 Å². The summed E-state index contributed by atoms with van der Waals surface area (Å²) in [5.41, 5.74) is 0.687. The maximum absolute atomic E-state index is 12.1. The molecule has 0 radical (unpaired) electrons. The molecule has 2 aliphatic heterocycles. The lowest BCUT2D eigenvalue weighted by atomic mass is 9.79. The van der Waals surface area contributed by atoms with Crippen LogP contribution in [0.3, 0.4) is 0 Å². The van der Waals surface area contributed by atoms with Crippen LogP contribution in [0.25, 0.3) is 0 Å². The van der Waals surface area contributed by atoms with Crippen molar-refractivity contribution in [1.82, 2.24) is 9.80 Å². The first-order valence-electron chi connectivity index (χ1n) is 9.20. The summed E-state index contributed by atoms with van der Waals surface area (Å²) in [7, 11) is 0. The summed E-state index contributed by atoms with van der Waals surface area (Å²) in [6.45, 7) is 8.81. The van der Waals surface area contributed by atoms with Gasteiger partial charge in [-0.1, -0.05) is 30.3 Å². The number of carboxylic acid groups (broad SMARTS) is 1. The average molecular weight is 360 g/mol. The quantitative estimate of drug-likeness (QED) is 0.894. The third kappa shape index (κ3) is 4.36. The highest BCUT2D eigenvalue weighted by Crippen LogP contribution is 2.36. The molecule has 0 aromatic heterocycles. The molecule has 1 aromatic rings. The van der Waals surface area contributed by atoms with Gasteiger partial charge in [-0.2, -0.15) is 0 Å². The van der Waals surface area contributed by atoms with E-state index < -0.39 is 11.6 Å². The number of carbonyl (C=O) groups is 2. The molecule has 0 spiro atoms. The number of rotatable bonds is 4. The fourth-order valence-corrected chi connectivity index (χ4v) is 3.88. The van der Waals surface area contributed by atoms with E-state index in [9.17, 15) is 14.7 Å². The fraction of sp³-hybridized carbons (Fsp3) is 0.600. The van der Waals surface area contributed by atoms with Crippen molar-refractivity contribution in [1.29, 1.82) is 0 Å². The van der Waals surface area contributed by atoms with Gasteiger partial charge in [0.25, 0.3) is 0 Å². The number of carboxylic acids is 1. The first kappa shape index (κ1) is 18.7. The highest BCUT2D eigenvalue weighted by molar-refractivity contribution is 5.72. The number of benzene rings is 1. The molecule has 0 saturated carbocycles. The minimum Gasteiger partial charge on any atom is -0.481 e. The molecule has 26 heavy (non-hydrogen) atoms. The van der Waals surface area contributed by atoms with Gasteiger partial charge in [-0.05, 0) is 38.2 Å². The van der Waals surface area contributed by atoms with E-state index in [1.165, 1.54) is 5.56 Å². The summed E-state index contributed by atoms with van der Waals surface area (Å²) in [5, 5.41) is 9.63. The van der Waals surface area contributed by atoms with Crippen LogP contribution in [0.15, 0.2) is 30.3 Å². The van der Waals surface area contributed by atoms with Crippen molar-refractivity contribution in [3.63, 3.8) is 0 Å². The van der Waals surface area contributed by atoms with E-state index in [4.69, 9.17) is 4.74 Å². The van der Waals surface area contributed by atoms with E-state index in [0.29, 0.717) is 19.6 Å². The van der Waals surface area contributed by atoms with Gasteiger partial charge in [-0.15, -0.1) is 0 Å². The van der Waals surface area contributed by atoms with Crippen LogP contribution >= 0.6 is 0 Å². The second-order valence-electron chi connectivity index (χ2n) is 8.43. The van der Waals surface area contributed by atoms with Crippen molar-refractivity contribution < 1.29 is 19.4 Å². The first-order valence-corrected chi connectivity index (χ1v) is 9.20. The molecule has 2 heterocycles. The van der Waals surface area contributed by atoms with Gasteiger partial charge in [-0.3, -0.25) is 9.69 Å². The first-order chi connectivity index (χ1) is 12.2. The van der Waals surface area contributed by atoms with Crippen molar-refractivity contribution in [3.05, 3.63) is 35.9 Å². The molecule has 2 unspecified atom stereocenters. The minimum atomic E-state index is -0.735. The Bertz CT molecular complexity index is 650. The molecule has 6 nitrogen and oxygen atoms in total. The molecular weight excluding hydrogens is 332 g/mol. The molecule has 1 aromatic carbocycles. The largest absolute Gasteiger partial charge is 0.481 e. The fourth-order valence-electron chi connectivity index (χ4n) is 3.88. The zero-order valence-corrected chi connectivity index (χ0v) is 15.7. The van der Waals surface area contributed by atoms with Crippen molar-refractivity contribution in [2.45, 2.75) is 32.9 Å². The summed E-state index contributed by atoms with van der Waals surface area (Å²) < 4.78 is 5.39. The average Bonchev–Trinajstić information content (AvgIpc) is 2.88. The highest BCUT2D eigenvalue weighted by atomic mass is 16.6. The zero-order valence-electron chi connectivity index (χ0n) is 15.7. The van der Waals surface area contributed by atoms with Gasteiger partial charge in [0, 0.05) is 32.7 Å². The molecular formula is C20H28N2O4. The summed E-state index contributed by atoms with van der Waals surface area (Å²) >= 11 is 0. The van der Waals surface area contributed by atoms with E-state index >= 15 is 0 Å². The van der Waals surface area contributed by atoms with E-state index in [1.807, 2.05) is 39.0 Å². The number of nitrogens with zero attached hydrogens (tertiary/aromatic N) is 2. The van der Waals surface area contributed by atoms with Crippen LogP contribution in [0, 0.1) is 17.8 Å². The van der Waals surface area contributed by atoms with Gasteiger partial charge in [0.1, 0.15) is 5.60 Å². The second-order valence-corrected chi connectivity index (χ2v) is 8.43. The number of carbonyl (C=O) groups excluding carboxylic acids is 1. The summed E-state index contributed by atoms with van der Waals surface area (Å²) in [6.07, 6.45) is -0.306. The Morgan fingerprint density at radius 2 is 1.77 bits per heavy atom. The van der Waals surface area contributed by atoms with Crippen LogP contribution in [0.2, 0.25) is 0 Å². The Balaban J connectivity index is 1.57. The van der Waals surface area contributed by atoms with Crippen LogP contribution in [-0.2, 0) is 16.1 Å². The second kappa shape index (κ2) is 7.27. The molecule has 2 atom stereocenters. The van der Waals surface area contributed by atoms with Crippen molar-refractivity contribution in [2.24, 2.45) is 17.8 Å². The number of likely N-dealkylation sites (tertiary alicyclic amines) is 2. The molecule has 2 saturated heterocycles. The standard InChI is InChI=1S/C20H28N2O4/c1-20(2,3)26-19(25)22-10-15(11-22)16-12-21(13-17(16)18(23)24)9-14-7-5-4-6-8-14/h4-8,15-17H,9-13H2,1-3H3,(H,23,24). The number of hydrogen-bond donors (Lipinski definition) is 1. The molecule has 2 fully saturated rings. The third-order valence-electron chi connectivity index (χ3n) is 5.17. The maximum atomic E-state index is 12.1. The minimum absolute atomic E-state index is 0.0786. The highest BCUT2D eigenvalue weighted by Gasteiger charge is 2.47. The Morgan fingerprint density at radius 1 is 1.12 bits per heavy atom. The smallest absolute Gasteiger partial charge is 0.410 e. The van der Waals surface area contributed by atoms with Gasteiger partial charge < -0.3 is 14.7 Å². The molecule has 1 N–H and O–H groups in total. The predicted octanol–water partition coefficient (Wildman–Crippen LogP) is 2.69. The predicted molar refractivity (Wildman–Crippen MR) is 97.6 cm³/mol. The lowest BCUT2D eigenvalue weighted by Crippen LogP contribution is -2.55. The molecule has 0 bridgehead atoms. The maximum Gasteiger partial charge on any atom is 0.410 e.